The van der Waals surface area contributed by atoms with Gasteiger partial charge in [0.1, 0.15) is 0 Å². The van der Waals surface area contributed by atoms with Crippen molar-refractivity contribution >= 4 is 34.0 Å². The molecule has 0 atom stereocenters. The average molecular weight is 352 g/mol. The molecule has 0 saturated carbocycles. The number of nitrogens with zero attached hydrogens (tertiary/aromatic N) is 1. The van der Waals surface area contributed by atoms with E-state index in [4.69, 9.17) is 9.84 Å². The SMILES string of the molecule is O=[N+]([O-])c1ccc(NCCOCCO)c(I)c1. The standard InChI is InChI=1S/C10H13IN2O4/c11-9-7-8(13(15)16)1-2-10(9)12-3-5-17-6-4-14/h1-2,7,12,14H,3-6H2. The van der Waals surface area contributed by atoms with E-state index in [1.54, 1.807) is 6.07 Å². The minimum atomic E-state index is -0.420. The van der Waals surface area contributed by atoms with E-state index in [1.165, 1.54) is 12.1 Å². The first-order valence-electron chi connectivity index (χ1n) is 5.01. The Morgan fingerprint density at radius 2 is 2.24 bits per heavy atom. The predicted octanol–water partition coefficient (Wildman–Crippen LogP) is 1.62. The van der Waals surface area contributed by atoms with Gasteiger partial charge in [-0.2, -0.15) is 0 Å². The topological polar surface area (TPSA) is 84.6 Å². The molecule has 7 heteroatoms. The van der Waals surface area contributed by atoms with E-state index in [0.29, 0.717) is 19.8 Å². The Labute approximate surface area is 112 Å². The van der Waals surface area contributed by atoms with Gasteiger partial charge in [0.2, 0.25) is 0 Å². The van der Waals surface area contributed by atoms with Crippen LogP contribution in [0.25, 0.3) is 0 Å². The quantitative estimate of drug-likeness (QED) is 0.337. The predicted molar refractivity (Wildman–Crippen MR) is 72.2 cm³/mol. The fourth-order valence-corrected chi connectivity index (χ4v) is 1.87. The molecule has 0 heterocycles. The van der Waals surface area contributed by atoms with Crippen LogP contribution in [-0.4, -0.2) is 36.4 Å². The first-order chi connectivity index (χ1) is 8.15. The highest BCUT2D eigenvalue weighted by molar-refractivity contribution is 14.1. The molecule has 0 fully saturated rings. The number of benzene rings is 1. The van der Waals surface area contributed by atoms with Crippen molar-refractivity contribution in [1.29, 1.82) is 0 Å². The molecule has 0 aliphatic carbocycles. The summed E-state index contributed by atoms with van der Waals surface area (Å²) in [4.78, 5) is 10.1. The van der Waals surface area contributed by atoms with E-state index in [2.05, 4.69) is 5.32 Å². The van der Waals surface area contributed by atoms with Crippen molar-refractivity contribution in [2.45, 2.75) is 0 Å². The number of rotatable bonds is 7. The van der Waals surface area contributed by atoms with E-state index in [1.807, 2.05) is 22.6 Å². The molecular weight excluding hydrogens is 339 g/mol. The largest absolute Gasteiger partial charge is 0.394 e. The first-order valence-corrected chi connectivity index (χ1v) is 6.09. The molecule has 94 valence electrons. The summed E-state index contributed by atoms with van der Waals surface area (Å²) in [5.74, 6) is 0. The molecule has 6 nitrogen and oxygen atoms in total. The zero-order chi connectivity index (χ0) is 12.7. The Morgan fingerprint density at radius 1 is 1.47 bits per heavy atom. The van der Waals surface area contributed by atoms with Crippen molar-refractivity contribution in [3.8, 4) is 0 Å². The van der Waals surface area contributed by atoms with E-state index >= 15 is 0 Å². The molecule has 1 rings (SSSR count). The van der Waals surface area contributed by atoms with Gasteiger partial charge in [0.15, 0.2) is 0 Å². The van der Waals surface area contributed by atoms with Gasteiger partial charge in [-0.25, -0.2) is 0 Å². The van der Waals surface area contributed by atoms with Crippen molar-refractivity contribution in [3.05, 3.63) is 31.9 Å². The lowest BCUT2D eigenvalue weighted by Crippen LogP contribution is -2.12. The average Bonchev–Trinajstić information content (AvgIpc) is 2.30. The van der Waals surface area contributed by atoms with Gasteiger partial charge in [0, 0.05) is 27.9 Å². The summed E-state index contributed by atoms with van der Waals surface area (Å²) < 4.78 is 5.87. The fourth-order valence-electron chi connectivity index (χ4n) is 1.19. The van der Waals surface area contributed by atoms with Crippen molar-refractivity contribution < 1.29 is 14.8 Å². The molecule has 0 unspecified atom stereocenters. The smallest absolute Gasteiger partial charge is 0.270 e. The molecule has 0 bridgehead atoms. The second kappa shape index (κ2) is 7.41. The number of hydrogen-bond donors (Lipinski definition) is 2. The summed E-state index contributed by atoms with van der Waals surface area (Å²) in [5, 5.41) is 22.1. The number of anilines is 1. The van der Waals surface area contributed by atoms with Crippen molar-refractivity contribution in [1.82, 2.24) is 0 Å². The summed E-state index contributed by atoms with van der Waals surface area (Å²) in [6.07, 6.45) is 0. The van der Waals surface area contributed by atoms with Crippen molar-refractivity contribution in [2.24, 2.45) is 0 Å². The molecule has 2 N–H and O–H groups in total. The number of aliphatic hydroxyl groups excluding tert-OH is 1. The molecule has 0 aliphatic heterocycles. The van der Waals surface area contributed by atoms with Gasteiger partial charge in [-0.05, 0) is 28.7 Å². The Morgan fingerprint density at radius 3 is 2.82 bits per heavy atom. The van der Waals surface area contributed by atoms with Crippen LogP contribution in [0.15, 0.2) is 18.2 Å². The van der Waals surface area contributed by atoms with E-state index in [0.717, 1.165) is 9.26 Å². The van der Waals surface area contributed by atoms with Crippen LogP contribution >= 0.6 is 22.6 Å². The highest BCUT2D eigenvalue weighted by Gasteiger charge is 2.08. The Balaban J connectivity index is 2.46. The van der Waals surface area contributed by atoms with E-state index in [9.17, 15) is 10.1 Å². The summed E-state index contributed by atoms with van der Waals surface area (Å²) in [7, 11) is 0. The van der Waals surface area contributed by atoms with Crippen molar-refractivity contribution in [2.75, 3.05) is 31.7 Å². The zero-order valence-corrected chi connectivity index (χ0v) is 11.2. The summed E-state index contributed by atoms with van der Waals surface area (Å²) in [5.41, 5.74) is 0.917. The maximum Gasteiger partial charge on any atom is 0.270 e. The number of nitro groups is 1. The Kier molecular flexibility index (Phi) is 6.16. The normalized spacial score (nSPS) is 10.2. The van der Waals surface area contributed by atoms with Gasteiger partial charge >= 0.3 is 0 Å². The third-order valence-corrected chi connectivity index (χ3v) is 2.85. The number of nitrogens with one attached hydrogen (secondary N) is 1. The molecule has 17 heavy (non-hydrogen) atoms. The van der Waals surface area contributed by atoms with Gasteiger partial charge < -0.3 is 15.2 Å². The van der Waals surface area contributed by atoms with Crippen LogP contribution in [-0.2, 0) is 4.74 Å². The van der Waals surface area contributed by atoms with Crippen LogP contribution in [0.2, 0.25) is 0 Å². The van der Waals surface area contributed by atoms with Gasteiger partial charge in [-0.3, -0.25) is 10.1 Å². The van der Waals surface area contributed by atoms with Crippen LogP contribution < -0.4 is 5.32 Å². The van der Waals surface area contributed by atoms with Crippen LogP contribution in [0.1, 0.15) is 0 Å². The summed E-state index contributed by atoms with van der Waals surface area (Å²) >= 11 is 2.04. The van der Waals surface area contributed by atoms with Crippen LogP contribution in [0.5, 0.6) is 0 Å². The Bertz CT molecular complexity index is 387. The molecule has 1 aromatic rings. The molecule has 0 amide bonds. The maximum atomic E-state index is 10.5. The van der Waals surface area contributed by atoms with Gasteiger partial charge in [-0.15, -0.1) is 0 Å². The number of aliphatic hydroxyl groups is 1. The van der Waals surface area contributed by atoms with Gasteiger partial charge in [0.25, 0.3) is 5.69 Å². The van der Waals surface area contributed by atoms with E-state index in [-0.39, 0.29) is 12.3 Å². The number of ether oxygens (including phenoxy) is 1. The third-order valence-electron chi connectivity index (χ3n) is 1.96. The highest BCUT2D eigenvalue weighted by atomic mass is 127. The van der Waals surface area contributed by atoms with Crippen LogP contribution in [0.4, 0.5) is 11.4 Å². The third kappa shape index (κ3) is 4.84. The number of hydrogen-bond acceptors (Lipinski definition) is 5. The van der Waals surface area contributed by atoms with Crippen LogP contribution in [0.3, 0.4) is 0 Å². The minimum absolute atomic E-state index is 0.00899. The molecular formula is C10H13IN2O4. The minimum Gasteiger partial charge on any atom is -0.394 e. The van der Waals surface area contributed by atoms with Crippen molar-refractivity contribution in [3.63, 3.8) is 0 Å². The summed E-state index contributed by atoms with van der Waals surface area (Å²) in [6, 6.07) is 4.64. The maximum absolute atomic E-state index is 10.5. The van der Waals surface area contributed by atoms with Gasteiger partial charge in [-0.1, -0.05) is 0 Å². The molecule has 0 radical (unpaired) electrons. The number of halogens is 1. The summed E-state index contributed by atoms with van der Waals surface area (Å²) in [6.45, 7) is 1.40. The molecule has 0 aliphatic rings. The zero-order valence-electron chi connectivity index (χ0n) is 9.06. The monoisotopic (exact) mass is 352 g/mol. The molecule has 1 aromatic carbocycles. The lowest BCUT2D eigenvalue weighted by molar-refractivity contribution is -0.384. The number of non-ortho nitro benzene ring substituents is 1. The second-order valence-electron chi connectivity index (χ2n) is 3.18. The molecule has 0 spiro atoms. The fraction of sp³-hybridized carbons (Fsp3) is 0.400. The lowest BCUT2D eigenvalue weighted by atomic mass is 10.3. The van der Waals surface area contributed by atoms with Crippen LogP contribution in [0, 0.1) is 13.7 Å². The Hall–Kier alpha value is -0.930. The lowest BCUT2D eigenvalue weighted by Gasteiger charge is -2.08. The second-order valence-corrected chi connectivity index (χ2v) is 4.35. The highest BCUT2D eigenvalue weighted by Crippen LogP contribution is 2.23. The molecule has 0 aromatic heterocycles. The number of nitro benzene ring substituents is 1. The molecule has 0 saturated heterocycles. The van der Waals surface area contributed by atoms with E-state index < -0.39 is 4.92 Å². The first kappa shape index (κ1) is 14.1. The van der Waals surface area contributed by atoms with Gasteiger partial charge in [0.05, 0.1) is 24.7 Å².